The summed E-state index contributed by atoms with van der Waals surface area (Å²) >= 11 is 0. The number of rotatable bonds is 5. The molecular weight excluding hydrogens is 236 g/mol. The molecule has 2 fully saturated rings. The fourth-order valence-corrected chi connectivity index (χ4v) is 3.72. The minimum absolute atomic E-state index is 0.396. The maximum atomic E-state index is 5.90. The van der Waals surface area contributed by atoms with Crippen LogP contribution in [-0.2, 0) is 4.74 Å². The van der Waals surface area contributed by atoms with Crippen molar-refractivity contribution in [3.8, 4) is 0 Å². The van der Waals surface area contributed by atoms with Crippen molar-refractivity contribution in [3.05, 3.63) is 30.1 Å². The van der Waals surface area contributed by atoms with Gasteiger partial charge in [0.2, 0.25) is 0 Å². The van der Waals surface area contributed by atoms with Crippen LogP contribution in [0.15, 0.2) is 24.5 Å². The van der Waals surface area contributed by atoms with Crippen LogP contribution in [0.1, 0.15) is 51.1 Å². The minimum Gasteiger partial charge on any atom is -0.378 e. The van der Waals surface area contributed by atoms with Crippen molar-refractivity contribution in [1.29, 1.82) is 0 Å². The molecule has 104 valence electrons. The molecule has 3 unspecified atom stereocenters. The van der Waals surface area contributed by atoms with Gasteiger partial charge in [-0.2, -0.15) is 0 Å². The molecule has 2 saturated carbocycles. The zero-order chi connectivity index (χ0) is 13.3. The first-order valence-electron chi connectivity index (χ1n) is 7.54. The normalized spacial score (nSPS) is 29.6. The average molecular weight is 260 g/mol. The largest absolute Gasteiger partial charge is 0.378 e. The summed E-state index contributed by atoms with van der Waals surface area (Å²) in [4.78, 5) is 4.09. The van der Waals surface area contributed by atoms with Gasteiger partial charge in [-0.3, -0.25) is 4.98 Å². The van der Waals surface area contributed by atoms with Crippen LogP contribution in [0.3, 0.4) is 0 Å². The van der Waals surface area contributed by atoms with E-state index < -0.39 is 0 Å². The number of aromatic nitrogens is 1. The number of hydrogen-bond acceptors (Lipinski definition) is 3. The summed E-state index contributed by atoms with van der Waals surface area (Å²) in [7, 11) is 0. The van der Waals surface area contributed by atoms with Crippen LogP contribution >= 0.6 is 0 Å². The third-order valence-electron chi connectivity index (χ3n) is 5.09. The summed E-state index contributed by atoms with van der Waals surface area (Å²) in [6.45, 7) is 5.20. The molecule has 0 amide bonds. The average Bonchev–Trinajstić information content (AvgIpc) is 2.36. The van der Waals surface area contributed by atoms with Crippen molar-refractivity contribution < 1.29 is 4.74 Å². The second kappa shape index (κ2) is 5.22. The quantitative estimate of drug-likeness (QED) is 0.883. The van der Waals surface area contributed by atoms with Crippen molar-refractivity contribution in [2.24, 2.45) is 5.41 Å². The first kappa shape index (κ1) is 13.1. The van der Waals surface area contributed by atoms with Crippen molar-refractivity contribution in [2.45, 2.75) is 57.7 Å². The van der Waals surface area contributed by atoms with E-state index in [1.165, 1.54) is 31.2 Å². The van der Waals surface area contributed by atoms with Crippen LogP contribution in [0.25, 0.3) is 0 Å². The topological polar surface area (TPSA) is 34.1 Å². The van der Waals surface area contributed by atoms with Gasteiger partial charge in [-0.05, 0) is 50.8 Å². The Hall–Kier alpha value is -0.930. The van der Waals surface area contributed by atoms with Crippen molar-refractivity contribution in [1.82, 2.24) is 10.3 Å². The van der Waals surface area contributed by atoms with Gasteiger partial charge in [0.05, 0.1) is 6.10 Å². The molecule has 0 bridgehead atoms. The summed E-state index contributed by atoms with van der Waals surface area (Å²) in [6.07, 6.45) is 9.44. The van der Waals surface area contributed by atoms with Crippen LogP contribution in [0.5, 0.6) is 0 Å². The van der Waals surface area contributed by atoms with Crippen LogP contribution < -0.4 is 5.32 Å². The second-order valence-electron chi connectivity index (χ2n) is 5.99. The molecule has 2 aliphatic rings. The summed E-state index contributed by atoms with van der Waals surface area (Å²) in [5, 5.41) is 3.81. The predicted molar refractivity (Wildman–Crippen MR) is 75.9 cm³/mol. The van der Waals surface area contributed by atoms with Crippen molar-refractivity contribution >= 4 is 0 Å². The highest BCUT2D eigenvalue weighted by Gasteiger charge is 2.58. The Morgan fingerprint density at radius 3 is 2.74 bits per heavy atom. The molecule has 0 aromatic carbocycles. The van der Waals surface area contributed by atoms with E-state index in [4.69, 9.17) is 4.74 Å². The molecule has 1 aromatic heterocycles. The zero-order valence-corrected chi connectivity index (χ0v) is 11.9. The first-order valence-corrected chi connectivity index (χ1v) is 7.54. The Balaban J connectivity index is 1.62. The minimum atomic E-state index is 0.396. The third-order valence-corrected chi connectivity index (χ3v) is 5.09. The van der Waals surface area contributed by atoms with E-state index in [2.05, 4.69) is 36.3 Å². The van der Waals surface area contributed by atoms with E-state index in [1.807, 2.05) is 12.4 Å². The predicted octanol–water partition coefficient (Wildman–Crippen LogP) is 3.08. The van der Waals surface area contributed by atoms with Gasteiger partial charge in [-0.15, -0.1) is 0 Å². The fourth-order valence-electron chi connectivity index (χ4n) is 3.72. The molecule has 19 heavy (non-hydrogen) atoms. The molecular formula is C16H24N2O. The number of pyridine rings is 1. The van der Waals surface area contributed by atoms with Gasteiger partial charge >= 0.3 is 0 Å². The maximum absolute atomic E-state index is 5.90. The van der Waals surface area contributed by atoms with Crippen LogP contribution in [0.2, 0.25) is 0 Å². The highest BCUT2D eigenvalue weighted by atomic mass is 16.5. The van der Waals surface area contributed by atoms with Gasteiger partial charge in [0.15, 0.2) is 0 Å². The lowest BCUT2D eigenvalue weighted by Gasteiger charge is -2.61. The molecule has 3 heteroatoms. The fraction of sp³-hybridized carbons (Fsp3) is 0.688. The summed E-state index contributed by atoms with van der Waals surface area (Å²) in [5.74, 6) is 0. The molecule has 1 N–H and O–H groups in total. The lowest BCUT2D eigenvalue weighted by atomic mass is 9.51. The number of nitrogens with zero attached hydrogens (tertiary/aromatic N) is 1. The molecule has 3 atom stereocenters. The molecule has 0 aliphatic heterocycles. The standard InChI is InChI=1S/C16H24N2O/c1-3-19-15-11-14(16(15)7-4-8-16)18-12(2)13-5-9-17-10-6-13/h5-6,9-10,12,14-15,18H,3-4,7-8,11H2,1-2H3. The molecule has 3 nitrogen and oxygen atoms in total. The van der Waals surface area contributed by atoms with Gasteiger partial charge in [-0.25, -0.2) is 0 Å². The molecule has 3 rings (SSSR count). The molecule has 1 spiro atoms. The number of ether oxygens (including phenoxy) is 1. The van der Waals surface area contributed by atoms with Gasteiger partial charge < -0.3 is 10.1 Å². The SMILES string of the molecule is CCOC1CC(NC(C)c2ccncc2)C12CCC2. The summed E-state index contributed by atoms with van der Waals surface area (Å²) in [5.41, 5.74) is 1.77. The molecule has 1 heterocycles. The monoisotopic (exact) mass is 260 g/mol. The van der Waals surface area contributed by atoms with Gasteiger partial charge in [0.1, 0.15) is 0 Å². The Morgan fingerprint density at radius 1 is 1.42 bits per heavy atom. The van der Waals surface area contributed by atoms with Crippen LogP contribution in [0, 0.1) is 5.41 Å². The Kier molecular flexibility index (Phi) is 3.59. The Morgan fingerprint density at radius 2 is 2.16 bits per heavy atom. The van der Waals surface area contributed by atoms with E-state index in [0.717, 1.165) is 6.61 Å². The highest BCUT2D eigenvalue weighted by Crippen LogP contribution is 2.57. The Labute approximate surface area is 115 Å². The lowest BCUT2D eigenvalue weighted by Crippen LogP contribution is -2.67. The number of hydrogen-bond donors (Lipinski definition) is 1. The molecule has 2 aliphatic carbocycles. The van der Waals surface area contributed by atoms with E-state index in [9.17, 15) is 0 Å². The molecule has 0 radical (unpaired) electrons. The first-order chi connectivity index (χ1) is 9.26. The Bertz CT molecular complexity index is 416. The van der Waals surface area contributed by atoms with Crippen molar-refractivity contribution in [3.63, 3.8) is 0 Å². The van der Waals surface area contributed by atoms with Crippen LogP contribution in [-0.4, -0.2) is 23.7 Å². The van der Waals surface area contributed by atoms with Crippen LogP contribution in [0.4, 0.5) is 0 Å². The van der Waals surface area contributed by atoms with Gasteiger partial charge in [0, 0.05) is 36.5 Å². The summed E-state index contributed by atoms with van der Waals surface area (Å²) < 4.78 is 5.90. The van der Waals surface area contributed by atoms with E-state index in [0.29, 0.717) is 23.6 Å². The summed E-state index contributed by atoms with van der Waals surface area (Å²) in [6, 6.07) is 5.22. The highest BCUT2D eigenvalue weighted by molar-refractivity contribution is 5.18. The smallest absolute Gasteiger partial charge is 0.0661 e. The van der Waals surface area contributed by atoms with E-state index in [1.54, 1.807) is 0 Å². The zero-order valence-electron chi connectivity index (χ0n) is 11.9. The van der Waals surface area contributed by atoms with Gasteiger partial charge in [-0.1, -0.05) is 6.42 Å². The van der Waals surface area contributed by atoms with E-state index >= 15 is 0 Å². The number of nitrogens with one attached hydrogen (secondary N) is 1. The molecule has 1 aromatic rings. The lowest BCUT2D eigenvalue weighted by molar-refractivity contribution is -0.174. The maximum Gasteiger partial charge on any atom is 0.0661 e. The van der Waals surface area contributed by atoms with Gasteiger partial charge in [0.25, 0.3) is 0 Å². The second-order valence-corrected chi connectivity index (χ2v) is 5.99. The third kappa shape index (κ3) is 2.19. The molecule has 0 saturated heterocycles. The van der Waals surface area contributed by atoms with E-state index in [-0.39, 0.29) is 0 Å². The van der Waals surface area contributed by atoms with Crippen molar-refractivity contribution in [2.75, 3.05) is 6.61 Å².